The van der Waals surface area contributed by atoms with Crippen LogP contribution in [0.1, 0.15) is 40.3 Å². The molecule has 0 saturated carbocycles. The van der Waals surface area contributed by atoms with E-state index in [9.17, 15) is 4.79 Å². The molecule has 0 aliphatic rings. The van der Waals surface area contributed by atoms with Gasteiger partial charge in [0.1, 0.15) is 18.1 Å². The second-order valence-corrected chi connectivity index (χ2v) is 9.59. The molecule has 4 rings (SSSR count). The maximum atomic E-state index is 11.1. The number of carboxylic acid groups (broad SMARTS) is 1. The summed E-state index contributed by atoms with van der Waals surface area (Å²) in [4.78, 5) is 11.1. The van der Waals surface area contributed by atoms with Gasteiger partial charge in [0.15, 0.2) is 6.10 Å². The third-order valence-electron chi connectivity index (χ3n) is 6.09. The maximum absolute atomic E-state index is 11.1. The minimum atomic E-state index is -1.01. The van der Waals surface area contributed by atoms with Crippen LogP contribution in [0.15, 0.2) is 97.1 Å². The van der Waals surface area contributed by atoms with Crippen LogP contribution in [0.3, 0.4) is 0 Å². The Hall–Kier alpha value is -4.46. The quantitative estimate of drug-likeness (QED) is 0.234. The van der Waals surface area contributed by atoms with E-state index in [-0.39, 0.29) is 0 Å². The van der Waals surface area contributed by atoms with Gasteiger partial charge in [0.05, 0.1) is 0 Å². The lowest BCUT2D eigenvalue weighted by molar-refractivity contribution is -0.144. The number of ether oxygens (including phenoxy) is 2. The topological polar surface area (TPSA) is 55.8 Å². The smallest absolute Gasteiger partial charge is 0.344 e. The molecular weight excluding hydrogens is 508 g/mol. The summed E-state index contributed by atoms with van der Waals surface area (Å²) >= 11 is 6.14. The predicted octanol–water partition coefficient (Wildman–Crippen LogP) is 7.72. The summed E-state index contributed by atoms with van der Waals surface area (Å²) < 4.78 is 11.5. The SMILES string of the molecule is Cc1ccc(C#Cc2ccc(C(=CCOc3ccc(OC(C)C(=O)O)c(C)c3)c3ccc(Cl)cc3)cc2)cc1. The molecule has 1 N–H and O–H groups in total. The lowest BCUT2D eigenvalue weighted by atomic mass is 9.97. The first kappa shape index (κ1) is 27.6. The van der Waals surface area contributed by atoms with E-state index in [1.807, 2.05) is 67.6 Å². The molecule has 4 aromatic rings. The highest BCUT2D eigenvalue weighted by Crippen LogP contribution is 2.27. The van der Waals surface area contributed by atoms with Gasteiger partial charge in [-0.15, -0.1) is 0 Å². The van der Waals surface area contributed by atoms with Gasteiger partial charge >= 0.3 is 5.97 Å². The first-order valence-corrected chi connectivity index (χ1v) is 12.9. The molecule has 196 valence electrons. The largest absolute Gasteiger partial charge is 0.489 e. The zero-order chi connectivity index (χ0) is 27.8. The van der Waals surface area contributed by atoms with Crippen molar-refractivity contribution in [3.63, 3.8) is 0 Å². The minimum Gasteiger partial charge on any atom is -0.489 e. The summed E-state index contributed by atoms with van der Waals surface area (Å²) in [6.45, 7) is 5.75. The molecule has 5 heteroatoms. The predicted molar refractivity (Wildman–Crippen MR) is 157 cm³/mol. The van der Waals surface area contributed by atoms with Crippen LogP contribution < -0.4 is 9.47 Å². The number of aliphatic carboxylic acids is 1. The Labute approximate surface area is 234 Å². The van der Waals surface area contributed by atoms with Gasteiger partial charge in [0, 0.05) is 16.1 Å². The van der Waals surface area contributed by atoms with Crippen molar-refractivity contribution in [1.29, 1.82) is 0 Å². The average Bonchev–Trinajstić information content (AvgIpc) is 2.93. The highest BCUT2D eigenvalue weighted by atomic mass is 35.5. The molecule has 1 unspecified atom stereocenters. The van der Waals surface area contributed by atoms with E-state index >= 15 is 0 Å². The van der Waals surface area contributed by atoms with Crippen LogP contribution in [-0.2, 0) is 4.79 Å². The zero-order valence-electron chi connectivity index (χ0n) is 22.1. The summed E-state index contributed by atoms with van der Waals surface area (Å²) in [5, 5.41) is 9.76. The normalized spacial score (nSPS) is 11.7. The van der Waals surface area contributed by atoms with E-state index in [4.69, 9.17) is 26.2 Å². The molecule has 0 radical (unpaired) electrons. The highest BCUT2D eigenvalue weighted by Gasteiger charge is 2.14. The van der Waals surface area contributed by atoms with Gasteiger partial charge in [0.25, 0.3) is 0 Å². The van der Waals surface area contributed by atoms with Crippen LogP contribution in [0.2, 0.25) is 5.02 Å². The van der Waals surface area contributed by atoms with Crippen molar-refractivity contribution < 1.29 is 19.4 Å². The van der Waals surface area contributed by atoms with E-state index in [1.165, 1.54) is 12.5 Å². The third kappa shape index (κ3) is 7.77. The molecule has 0 aliphatic heterocycles. The molecule has 0 amide bonds. The second-order valence-electron chi connectivity index (χ2n) is 9.15. The van der Waals surface area contributed by atoms with Gasteiger partial charge in [-0.25, -0.2) is 4.79 Å². The summed E-state index contributed by atoms with van der Waals surface area (Å²) in [7, 11) is 0. The van der Waals surface area contributed by atoms with Gasteiger partial charge in [-0.3, -0.25) is 0 Å². The van der Waals surface area contributed by atoms with Crippen molar-refractivity contribution in [2.45, 2.75) is 26.9 Å². The number of hydrogen-bond acceptors (Lipinski definition) is 3. The number of carboxylic acids is 1. The number of carbonyl (C=O) groups is 1. The van der Waals surface area contributed by atoms with Crippen molar-refractivity contribution in [2.24, 2.45) is 0 Å². The van der Waals surface area contributed by atoms with Gasteiger partial charge in [0.2, 0.25) is 0 Å². The van der Waals surface area contributed by atoms with Crippen LogP contribution in [0.5, 0.6) is 11.5 Å². The van der Waals surface area contributed by atoms with Gasteiger partial charge in [-0.2, -0.15) is 0 Å². The Morgan fingerprint density at radius 3 is 2.00 bits per heavy atom. The highest BCUT2D eigenvalue weighted by molar-refractivity contribution is 6.30. The number of benzene rings is 4. The molecule has 1 atom stereocenters. The fraction of sp³-hybridized carbons (Fsp3) is 0.147. The van der Waals surface area contributed by atoms with Crippen LogP contribution in [0.25, 0.3) is 5.57 Å². The van der Waals surface area contributed by atoms with Crippen molar-refractivity contribution in [1.82, 2.24) is 0 Å². The summed E-state index contributed by atoms with van der Waals surface area (Å²) in [6, 6.07) is 29.3. The molecule has 0 saturated heterocycles. The Morgan fingerprint density at radius 1 is 0.872 bits per heavy atom. The van der Waals surface area contributed by atoms with Crippen molar-refractivity contribution in [3.8, 4) is 23.3 Å². The van der Waals surface area contributed by atoms with Crippen LogP contribution in [-0.4, -0.2) is 23.8 Å². The first-order chi connectivity index (χ1) is 18.8. The van der Waals surface area contributed by atoms with Crippen molar-refractivity contribution in [2.75, 3.05) is 6.61 Å². The Morgan fingerprint density at radius 2 is 1.44 bits per heavy atom. The molecule has 4 nitrogen and oxygen atoms in total. The van der Waals surface area contributed by atoms with Gasteiger partial charge in [-0.1, -0.05) is 65.4 Å². The number of rotatable bonds is 8. The van der Waals surface area contributed by atoms with E-state index in [2.05, 4.69) is 43.0 Å². The average molecular weight is 537 g/mol. The second kappa shape index (κ2) is 12.9. The van der Waals surface area contributed by atoms with Crippen molar-refractivity contribution in [3.05, 3.63) is 135 Å². The lowest BCUT2D eigenvalue weighted by Gasteiger charge is -2.14. The summed E-state index contributed by atoms with van der Waals surface area (Å²) in [6.07, 6.45) is 1.10. The minimum absolute atomic E-state index is 0.331. The third-order valence-corrected chi connectivity index (χ3v) is 6.34. The zero-order valence-corrected chi connectivity index (χ0v) is 22.8. The number of aryl methyl sites for hydroxylation is 2. The lowest BCUT2D eigenvalue weighted by Crippen LogP contribution is -2.23. The fourth-order valence-electron chi connectivity index (χ4n) is 3.85. The van der Waals surface area contributed by atoms with E-state index in [0.717, 1.165) is 33.4 Å². The fourth-order valence-corrected chi connectivity index (χ4v) is 3.98. The Balaban J connectivity index is 1.52. The van der Waals surface area contributed by atoms with E-state index in [1.54, 1.807) is 12.1 Å². The molecule has 0 aliphatic carbocycles. The van der Waals surface area contributed by atoms with Crippen molar-refractivity contribution >= 4 is 23.1 Å². The molecular formula is C34H29ClO4. The van der Waals surface area contributed by atoms with Crippen LogP contribution in [0.4, 0.5) is 0 Å². The van der Waals surface area contributed by atoms with Crippen LogP contribution in [0, 0.1) is 25.7 Å². The Kier molecular flexibility index (Phi) is 9.10. The monoisotopic (exact) mass is 536 g/mol. The Bertz CT molecular complexity index is 1520. The first-order valence-electron chi connectivity index (χ1n) is 12.6. The van der Waals surface area contributed by atoms with E-state index in [0.29, 0.717) is 23.1 Å². The molecule has 0 spiro atoms. The molecule has 0 fully saturated rings. The maximum Gasteiger partial charge on any atom is 0.344 e. The summed E-state index contributed by atoms with van der Waals surface area (Å²) in [5.41, 5.74) is 6.98. The molecule has 0 heterocycles. The summed E-state index contributed by atoms with van der Waals surface area (Å²) in [5.74, 6) is 6.61. The molecule has 0 bridgehead atoms. The van der Waals surface area contributed by atoms with Crippen LogP contribution >= 0.6 is 11.6 Å². The van der Waals surface area contributed by atoms with E-state index < -0.39 is 12.1 Å². The number of halogens is 1. The standard InChI is InChI=1S/C34H29ClO4/c1-23-4-6-26(7-5-23)8-9-27-10-12-28(13-11-27)32(29-14-16-30(35)17-15-29)20-21-38-31-18-19-33(24(2)22-31)39-25(3)34(36)37/h4-7,10-20,22,25H,21H2,1-3H3,(H,36,37). The molecule has 0 aromatic heterocycles. The molecule has 39 heavy (non-hydrogen) atoms. The molecule has 4 aromatic carbocycles. The van der Waals surface area contributed by atoms with Gasteiger partial charge < -0.3 is 14.6 Å². The van der Waals surface area contributed by atoms with Gasteiger partial charge in [-0.05, 0) is 104 Å². The number of hydrogen-bond donors (Lipinski definition) is 1.